The van der Waals surface area contributed by atoms with Crippen molar-refractivity contribution in [2.45, 2.75) is 68.9 Å². The zero-order chi connectivity index (χ0) is 23.0. The van der Waals surface area contributed by atoms with Crippen LogP contribution in [0.15, 0.2) is 35.8 Å². The van der Waals surface area contributed by atoms with E-state index in [1.165, 1.54) is 4.90 Å². The lowest BCUT2D eigenvalue weighted by atomic mass is 9.75. The number of amides is 3. The molecule has 2 aliphatic heterocycles. The molecule has 0 unspecified atom stereocenters. The molecule has 3 amide bonds. The standard InChI is InChI=1S/C25H29N3O4S/c1-32-20-11-5-4-9-18(20)25(16-22(30)28(24(25)31)17-7-2-3-8-17)15-21(29)27-13-6-10-19(27)23-26-12-14-33-23/h4-5,9,11-12,14,17,19H,2-3,6-8,10,13,15-16H2,1H3/t19-,25+/m1/s1. The summed E-state index contributed by atoms with van der Waals surface area (Å²) in [6.45, 7) is 0.638. The molecule has 2 atom stereocenters. The van der Waals surface area contributed by atoms with Crippen LogP contribution < -0.4 is 4.74 Å². The van der Waals surface area contributed by atoms with Gasteiger partial charge in [-0.2, -0.15) is 0 Å². The van der Waals surface area contributed by atoms with Crippen molar-refractivity contribution in [1.29, 1.82) is 0 Å². The third-order valence-electron chi connectivity index (χ3n) is 7.42. The number of thiazole rings is 1. The number of aromatic nitrogens is 1. The fraction of sp³-hybridized carbons (Fsp3) is 0.520. The maximum Gasteiger partial charge on any atom is 0.241 e. The zero-order valence-corrected chi connectivity index (χ0v) is 19.7. The van der Waals surface area contributed by atoms with Crippen LogP contribution in [-0.4, -0.2) is 52.2 Å². The Kier molecular flexibility index (Phi) is 5.95. The van der Waals surface area contributed by atoms with Crippen LogP contribution in [0.2, 0.25) is 0 Å². The molecule has 33 heavy (non-hydrogen) atoms. The fourth-order valence-corrected chi connectivity index (χ4v) is 6.64. The first kappa shape index (κ1) is 22.1. The maximum absolute atomic E-state index is 14.0. The van der Waals surface area contributed by atoms with Gasteiger partial charge in [0.1, 0.15) is 10.8 Å². The van der Waals surface area contributed by atoms with E-state index < -0.39 is 5.41 Å². The van der Waals surface area contributed by atoms with Crippen LogP contribution >= 0.6 is 11.3 Å². The summed E-state index contributed by atoms with van der Waals surface area (Å²) >= 11 is 1.55. The van der Waals surface area contributed by atoms with Gasteiger partial charge in [0.2, 0.25) is 17.7 Å². The predicted molar refractivity (Wildman–Crippen MR) is 124 cm³/mol. The molecule has 2 aromatic rings. The van der Waals surface area contributed by atoms with E-state index in [4.69, 9.17) is 4.74 Å². The van der Waals surface area contributed by atoms with Gasteiger partial charge in [0.15, 0.2) is 0 Å². The van der Waals surface area contributed by atoms with Gasteiger partial charge in [-0.15, -0.1) is 11.3 Å². The van der Waals surface area contributed by atoms with Gasteiger partial charge < -0.3 is 9.64 Å². The van der Waals surface area contributed by atoms with E-state index in [1.54, 1.807) is 30.7 Å². The molecule has 0 bridgehead atoms. The van der Waals surface area contributed by atoms with E-state index >= 15 is 0 Å². The molecule has 0 radical (unpaired) electrons. The highest BCUT2D eigenvalue weighted by Crippen LogP contribution is 2.47. The van der Waals surface area contributed by atoms with Crippen molar-refractivity contribution in [2.75, 3.05) is 13.7 Å². The second-order valence-corrected chi connectivity index (χ2v) is 10.2. The van der Waals surface area contributed by atoms with Crippen molar-refractivity contribution in [3.63, 3.8) is 0 Å². The number of carbonyl (C=O) groups is 3. The van der Waals surface area contributed by atoms with Gasteiger partial charge in [-0.1, -0.05) is 31.0 Å². The van der Waals surface area contributed by atoms with Crippen molar-refractivity contribution < 1.29 is 19.1 Å². The number of hydrogen-bond acceptors (Lipinski definition) is 6. The van der Waals surface area contributed by atoms with Crippen LogP contribution in [0.5, 0.6) is 5.75 Å². The first-order valence-corrected chi connectivity index (χ1v) is 12.6. The third kappa shape index (κ3) is 3.74. The summed E-state index contributed by atoms with van der Waals surface area (Å²) in [4.78, 5) is 48.8. The summed E-state index contributed by atoms with van der Waals surface area (Å²) in [5, 5.41) is 2.85. The van der Waals surface area contributed by atoms with Crippen molar-refractivity contribution in [3.8, 4) is 5.75 Å². The van der Waals surface area contributed by atoms with Crippen LogP contribution in [0.25, 0.3) is 0 Å². The lowest BCUT2D eigenvalue weighted by molar-refractivity contribution is -0.145. The minimum absolute atomic E-state index is 0.00417. The quantitative estimate of drug-likeness (QED) is 0.603. The average Bonchev–Trinajstić information content (AvgIpc) is 3.61. The molecule has 0 N–H and O–H groups in total. The lowest BCUT2D eigenvalue weighted by Gasteiger charge is -2.32. The summed E-state index contributed by atoms with van der Waals surface area (Å²) in [6, 6.07) is 7.18. The lowest BCUT2D eigenvalue weighted by Crippen LogP contribution is -2.46. The van der Waals surface area contributed by atoms with Crippen molar-refractivity contribution >= 4 is 29.1 Å². The smallest absolute Gasteiger partial charge is 0.241 e. The van der Waals surface area contributed by atoms with Gasteiger partial charge in [-0.05, 0) is 31.7 Å². The molecule has 2 saturated heterocycles. The molecule has 0 spiro atoms. The molecule has 1 aromatic heterocycles. The number of likely N-dealkylation sites (tertiary alicyclic amines) is 2. The summed E-state index contributed by atoms with van der Waals surface area (Å²) in [6.07, 6.45) is 7.21. The Morgan fingerprint density at radius 2 is 1.97 bits per heavy atom. The third-order valence-corrected chi connectivity index (χ3v) is 8.30. The topological polar surface area (TPSA) is 79.8 Å². The molecule has 3 heterocycles. The Balaban J connectivity index is 1.52. The first-order valence-electron chi connectivity index (χ1n) is 11.7. The van der Waals surface area contributed by atoms with Gasteiger partial charge in [-0.25, -0.2) is 4.98 Å². The Morgan fingerprint density at radius 3 is 2.70 bits per heavy atom. The van der Waals surface area contributed by atoms with E-state index in [-0.39, 0.29) is 42.6 Å². The minimum Gasteiger partial charge on any atom is -0.496 e. The van der Waals surface area contributed by atoms with Gasteiger partial charge in [-0.3, -0.25) is 19.3 Å². The van der Waals surface area contributed by atoms with Crippen LogP contribution in [0, 0.1) is 0 Å². The van der Waals surface area contributed by atoms with E-state index in [2.05, 4.69) is 4.98 Å². The molecule has 7 nitrogen and oxygen atoms in total. The number of ether oxygens (including phenoxy) is 1. The fourth-order valence-electron chi connectivity index (χ4n) is 5.86. The molecule has 1 aromatic carbocycles. The monoisotopic (exact) mass is 467 g/mol. The number of para-hydroxylation sites is 1. The SMILES string of the molecule is COc1ccccc1[C@]1(CC(=O)N2CCC[C@@H]2c2nccs2)CC(=O)N(C2CCCC2)C1=O. The second-order valence-electron chi connectivity index (χ2n) is 9.26. The number of methoxy groups -OCH3 is 1. The number of imide groups is 1. The summed E-state index contributed by atoms with van der Waals surface area (Å²) < 4.78 is 5.60. The van der Waals surface area contributed by atoms with Gasteiger partial charge >= 0.3 is 0 Å². The van der Waals surface area contributed by atoms with Crippen LogP contribution in [0.3, 0.4) is 0 Å². The van der Waals surface area contributed by atoms with Crippen molar-refractivity contribution in [3.05, 3.63) is 46.4 Å². The molecule has 8 heteroatoms. The first-order chi connectivity index (χ1) is 16.0. The zero-order valence-electron chi connectivity index (χ0n) is 18.9. The number of carbonyl (C=O) groups excluding carboxylic acids is 3. The Labute approximate surface area is 197 Å². The molecular formula is C25H29N3O4S. The van der Waals surface area contributed by atoms with E-state index in [0.717, 1.165) is 43.5 Å². The predicted octanol–water partition coefficient (Wildman–Crippen LogP) is 3.84. The van der Waals surface area contributed by atoms with Crippen LogP contribution in [-0.2, 0) is 19.8 Å². The van der Waals surface area contributed by atoms with E-state index in [1.807, 2.05) is 28.5 Å². The molecule has 3 aliphatic rings. The van der Waals surface area contributed by atoms with Crippen LogP contribution in [0.1, 0.15) is 68.0 Å². The minimum atomic E-state index is -1.24. The summed E-state index contributed by atoms with van der Waals surface area (Å²) in [5.74, 6) is 0.0105. The molecular weight excluding hydrogens is 438 g/mol. The highest BCUT2D eigenvalue weighted by atomic mass is 32.1. The second kappa shape index (κ2) is 8.89. The van der Waals surface area contributed by atoms with Crippen molar-refractivity contribution in [2.24, 2.45) is 0 Å². The maximum atomic E-state index is 14.0. The number of hydrogen-bond donors (Lipinski definition) is 0. The Hall–Kier alpha value is -2.74. The van der Waals surface area contributed by atoms with Crippen molar-refractivity contribution in [1.82, 2.24) is 14.8 Å². The summed E-state index contributed by atoms with van der Waals surface area (Å²) in [7, 11) is 1.56. The highest BCUT2D eigenvalue weighted by molar-refractivity contribution is 7.09. The number of nitrogens with zero attached hydrogens (tertiary/aromatic N) is 3. The summed E-state index contributed by atoms with van der Waals surface area (Å²) in [5.41, 5.74) is -0.607. The molecule has 1 saturated carbocycles. The molecule has 3 fully saturated rings. The van der Waals surface area contributed by atoms with E-state index in [9.17, 15) is 14.4 Å². The number of benzene rings is 1. The average molecular weight is 468 g/mol. The van der Waals surface area contributed by atoms with Crippen LogP contribution in [0.4, 0.5) is 0 Å². The normalized spacial score (nSPS) is 25.9. The molecule has 5 rings (SSSR count). The largest absolute Gasteiger partial charge is 0.496 e. The highest BCUT2D eigenvalue weighted by Gasteiger charge is 2.57. The molecule has 1 aliphatic carbocycles. The van der Waals surface area contributed by atoms with Gasteiger partial charge in [0.05, 0.1) is 18.6 Å². The Morgan fingerprint density at radius 1 is 1.18 bits per heavy atom. The number of rotatable bonds is 6. The van der Waals surface area contributed by atoms with E-state index in [0.29, 0.717) is 17.9 Å². The van der Waals surface area contributed by atoms with Gasteiger partial charge in [0, 0.05) is 42.6 Å². The molecule has 174 valence electrons. The Bertz CT molecular complexity index is 1050. The van der Waals surface area contributed by atoms with Gasteiger partial charge in [0.25, 0.3) is 0 Å².